The molecule has 2 N–H and O–H groups in total. The van der Waals surface area contributed by atoms with E-state index in [-0.39, 0.29) is 5.91 Å². The number of aryl methyl sites for hydroxylation is 1. The number of para-hydroxylation sites is 1. The minimum Gasteiger partial charge on any atom is -0.372 e. The van der Waals surface area contributed by atoms with Gasteiger partial charge in [-0.2, -0.15) is 0 Å². The predicted molar refractivity (Wildman–Crippen MR) is 119 cm³/mol. The van der Waals surface area contributed by atoms with Crippen LogP contribution in [0.4, 0.5) is 23.0 Å². The highest BCUT2D eigenvalue weighted by Gasteiger charge is 2.11. The molecular weight excluding hydrogens is 362 g/mol. The van der Waals surface area contributed by atoms with E-state index in [2.05, 4.69) is 52.3 Å². The molecule has 0 saturated heterocycles. The molecular formula is C23H27N5O. The minimum absolute atomic E-state index is 0.269. The van der Waals surface area contributed by atoms with Crippen molar-refractivity contribution in [2.24, 2.45) is 0 Å². The zero-order valence-electron chi connectivity index (χ0n) is 17.1. The van der Waals surface area contributed by atoms with Gasteiger partial charge in [0.1, 0.15) is 5.69 Å². The molecule has 0 unspecified atom stereocenters. The van der Waals surface area contributed by atoms with E-state index in [1.165, 1.54) is 5.56 Å². The molecule has 0 bridgehead atoms. The fourth-order valence-corrected chi connectivity index (χ4v) is 3.16. The van der Waals surface area contributed by atoms with Crippen LogP contribution in [0.25, 0.3) is 0 Å². The maximum atomic E-state index is 12.6. The lowest BCUT2D eigenvalue weighted by Gasteiger charge is -2.21. The predicted octanol–water partition coefficient (Wildman–Crippen LogP) is 4.88. The molecule has 3 rings (SSSR count). The standard InChI is InChI=1S/C23H27N5O/c1-4-17-9-7-8-10-20(17)26-23-24-16-15-21(27-23)22(29)25-18-11-13-19(14-12-18)28(5-2)6-3/h7-16H,4-6H2,1-3H3,(H,25,29)(H,24,26,27). The zero-order chi connectivity index (χ0) is 20.6. The number of aromatic nitrogens is 2. The fraction of sp³-hybridized carbons (Fsp3) is 0.261. The molecule has 0 saturated carbocycles. The van der Waals surface area contributed by atoms with Crippen LogP contribution >= 0.6 is 0 Å². The fourth-order valence-electron chi connectivity index (χ4n) is 3.16. The van der Waals surface area contributed by atoms with Gasteiger partial charge < -0.3 is 15.5 Å². The van der Waals surface area contributed by atoms with Gasteiger partial charge in [0.25, 0.3) is 5.91 Å². The minimum atomic E-state index is -0.269. The molecule has 1 amide bonds. The first-order valence-corrected chi connectivity index (χ1v) is 9.98. The first-order chi connectivity index (χ1) is 14.1. The van der Waals surface area contributed by atoms with Gasteiger partial charge in [-0.15, -0.1) is 0 Å². The largest absolute Gasteiger partial charge is 0.372 e. The third-order valence-electron chi connectivity index (χ3n) is 4.79. The number of hydrogen-bond acceptors (Lipinski definition) is 5. The molecule has 0 spiro atoms. The number of anilines is 4. The highest BCUT2D eigenvalue weighted by Crippen LogP contribution is 2.20. The number of benzene rings is 2. The van der Waals surface area contributed by atoms with Crippen LogP contribution in [0.2, 0.25) is 0 Å². The second kappa shape index (κ2) is 9.68. The Bertz CT molecular complexity index is 951. The molecule has 6 nitrogen and oxygen atoms in total. The molecule has 6 heteroatoms. The SMILES string of the molecule is CCc1ccccc1Nc1nccc(C(=O)Nc2ccc(N(CC)CC)cc2)n1. The first kappa shape index (κ1) is 20.3. The second-order valence-electron chi connectivity index (χ2n) is 6.57. The van der Waals surface area contributed by atoms with Gasteiger partial charge in [0, 0.05) is 36.3 Å². The average Bonchev–Trinajstić information content (AvgIpc) is 2.76. The number of amides is 1. The van der Waals surface area contributed by atoms with Crippen molar-refractivity contribution in [1.29, 1.82) is 0 Å². The van der Waals surface area contributed by atoms with Crippen molar-refractivity contribution in [3.63, 3.8) is 0 Å². The number of nitrogens with zero attached hydrogens (tertiary/aromatic N) is 3. The number of carbonyl (C=O) groups is 1. The Morgan fingerprint density at radius 2 is 1.69 bits per heavy atom. The Morgan fingerprint density at radius 1 is 0.966 bits per heavy atom. The van der Waals surface area contributed by atoms with Crippen LogP contribution in [0.1, 0.15) is 36.8 Å². The lowest BCUT2D eigenvalue weighted by molar-refractivity contribution is 0.102. The Morgan fingerprint density at radius 3 is 2.38 bits per heavy atom. The molecule has 0 aliphatic heterocycles. The van der Waals surface area contributed by atoms with Gasteiger partial charge >= 0.3 is 0 Å². The topological polar surface area (TPSA) is 70.2 Å². The van der Waals surface area contributed by atoms with Crippen LogP contribution in [-0.2, 0) is 6.42 Å². The number of rotatable bonds is 8. The maximum Gasteiger partial charge on any atom is 0.274 e. The van der Waals surface area contributed by atoms with Gasteiger partial charge in [-0.25, -0.2) is 9.97 Å². The van der Waals surface area contributed by atoms with E-state index < -0.39 is 0 Å². The lowest BCUT2D eigenvalue weighted by Crippen LogP contribution is -2.21. The number of carbonyl (C=O) groups excluding carboxylic acids is 1. The Kier molecular flexibility index (Phi) is 6.79. The third kappa shape index (κ3) is 5.10. The normalized spacial score (nSPS) is 10.4. The molecule has 150 valence electrons. The molecule has 3 aromatic rings. The van der Waals surface area contributed by atoms with Crippen molar-refractivity contribution in [3.05, 3.63) is 72.1 Å². The lowest BCUT2D eigenvalue weighted by atomic mass is 10.1. The van der Waals surface area contributed by atoms with Crippen LogP contribution < -0.4 is 15.5 Å². The summed E-state index contributed by atoms with van der Waals surface area (Å²) < 4.78 is 0. The Balaban J connectivity index is 1.71. The summed E-state index contributed by atoms with van der Waals surface area (Å²) >= 11 is 0. The maximum absolute atomic E-state index is 12.6. The van der Waals surface area contributed by atoms with Gasteiger partial charge in [-0.1, -0.05) is 25.1 Å². The van der Waals surface area contributed by atoms with Crippen LogP contribution in [-0.4, -0.2) is 29.0 Å². The van der Waals surface area contributed by atoms with E-state index in [0.29, 0.717) is 11.6 Å². The van der Waals surface area contributed by atoms with Gasteiger partial charge in [-0.3, -0.25) is 4.79 Å². The summed E-state index contributed by atoms with van der Waals surface area (Å²) in [5, 5.41) is 6.11. The van der Waals surface area contributed by atoms with Crippen molar-refractivity contribution in [1.82, 2.24) is 9.97 Å². The average molecular weight is 390 g/mol. The summed E-state index contributed by atoms with van der Waals surface area (Å²) in [6.07, 6.45) is 2.48. The highest BCUT2D eigenvalue weighted by atomic mass is 16.1. The molecule has 0 aliphatic carbocycles. The molecule has 1 heterocycles. The van der Waals surface area contributed by atoms with E-state index in [1.807, 2.05) is 42.5 Å². The number of hydrogen-bond donors (Lipinski definition) is 2. The van der Waals surface area contributed by atoms with E-state index in [4.69, 9.17) is 0 Å². The van der Waals surface area contributed by atoms with Crippen molar-refractivity contribution in [2.45, 2.75) is 27.2 Å². The Labute approximate surface area is 172 Å². The van der Waals surface area contributed by atoms with E-state index >= 15 is 0 Å². The van der Waals surface area contributed by atoms with Gasteiger partial charge in [-0.05, 0) is 62.2 Å². The molecule has 0 aliphatic rings. The summed E-state index contributed by atoms with van der Waals surface area (Å²) in [4.78, 5) is 23.5. The number of nitrogens with one attached hydrogen (secondary N) is 2. The quantitative estimate of drug-likeness (QED) is 0.574. The second-order valence-corrected chi connectivity index (χ2v) is 6.57. The molecule has 1 aromatic heterocycles. The monoisotopic (exact) mass is 389 g/mol. The first-order valence-electron chi connectivity index (χ1n) is 9.98. The summed E-state index contributed by atoms with van der Waals surface area (Å²) in [6.45, 7) is 8.23. The summed E-state index contributed by atoms with van der Waals surface area (Å²) in [6, 6.07) is 17.4. The van der Waals surface area contributed by atoms with E-state index in [9.17, 15) is 4.79 Å². The summed E-state index contributed by atoms with van der Waals surface area (Å²) in [5.74, 6) is 0.130. The highest BCUT2D eigenvalue weighted by molar-refractivity contribution is 6.03. The van der Waals surface area contributed by atoms with Crippen molar-refractivity contribution < 1.29 is 4.79 Å². The zero-order valence-corrected chi connectivity index (χ0v) is 17.1. The molecule has 2 aromatic carbocycles. The van der Waals surface area contributed by atoms with Crippen LogP contribution in [0.3, 0.4) is 0 Å². The van der Waals surface area contributed by atoms with Crippen molar-refractivity contribution in [2.75, 3.05) is 28.6 Å². The van der Waals surface area contributed by atoms with Crippen LogP contribution in [0.15, 0.2) is 60.8 Å². The van der Waals surface area contributed by atoms with Crippen molar-refractivity contribution >= 4 is 28.9 Å². The Hall–Kier alpha value is -3.41. The van der Waals surface area contributed by atoms with E-state index in [0.717, 1.165) is 36.6 Å². The van der Waals surface area contributed by atoms with Gasteiger partial charge in [0.05, 0.1) is 0 Å². The van der Waals surface area contributed by atoms with Crippen LogP contribution in [0, 0.1) is 0 Å². The molecule has 29 heavy (non-hydrogen) atoms. The molecule has 0 fully saturated rings. The molecule has 0 radical (unpaired) electrons. The van der Waals surface area contributed by atoms with Crippen LogP contribution in [0.5, 0.6) is 0 Å². The smallest absolute Gasteiger partial charge is 0.274 e. The van der Waals surface area contributed by atoms with E-state index in [1.54, 1.807) is 12.3 Å². The third-order valence-corrected chi connectivity index (χ3v) is 4.79. The summed E-state index contributed by atoms with van der Waals surface area (Å²) in [7, 11) is 0. The summed E-state index contributed by atoms with van der Waals surface area (Å²) in [5.41, 5.74) is 4.29. The van der Waals surface area contributed by atoms with Gasteiger partial charge in [0.2, 0.25) is 5.95 Å². The van der Waals surface area contributed by atoms with Crippen molar-refractivity contribution in [3.8, 4) is 0 Å². The van der Waals surface area contributed by atoms with Gasteiger partial charge in [0.15, 0.2) is 0 Å². The molecule has 0 atom stereocenters.